The zero-order chi connectivity index (χ0) is 35.3. The number of ether oxygens (including phenoxy) is 1. The lowest BCUT2D eigenvalue weighted by molar-refractivity contribution is -0.144. The molecular formula is C33H46N8O6. The largest absolute Gasteiger partial charge is 0.444 e. The molecule has 254 valence electrons. The van der Waals surface area contributed by atoms with Crippen LogP contribution in [0, 0.1) is 5.41 Å². The molecule has 0 saturated carbocycles. The third kappa shape index (κ3) is 9.58. The van der Waals surface area contributed by atoms with Gasteiger partial charge in [-0.3, -0.25) is 24.1 Å². The Morgan fingerprint density at radius 3 is 2.28 bits per heavy atom. The summed E-state index contributed by atoms with van der Waals surface area (Å²) in [6, 6.07) is 8.37. The van der Waals surface area contributed by atoms with Crippen LogP contribution < -0.4 is 16.4 Å². The molecule has 2 aromatic rings. The van der Waals surface area contributed by atoms with Gasteiger partial charge >= 0.3 is 6.09 Å². The van der Waals surface area contributed by atoms with Gasteiger partial charge in [-0.15, -0.1) is 0 Å². The molecule has 2 aromatic carbocycles. The number of carbonyl (C=O) groups excluding carboxylic acids is 5. The summed E-state index contributed by atoms with van der Waals surface area (Å²) in [6.45, 7) is 11.8. The number of rotatable bonds is 10. The van der Waals surface area contributed by atoms with Crippen molar-refractivity contribution in [2.24, 2.45) is 16.3 Å². The first kappa shape index (κ1) is 36.6. The Hall–Kier alpha value is -4.84. The van der Waals surface area contributed by atoms with E-state index in [1.165, 1.54) is 18.9 Å². The van der Waals surface area contributed by atoms with Crippen LogP contribution in [0.2, 0.25) is 0 Å². The van der Waals surface area contributed by atoms with Crippen LogP contribution in [0.5, 0.6) is 0 Å². The average molecular weight is 651 g/mol. The minimum Gasteiger partial charge on any atom is -0.444 e. The summed E-state index contributed by atoms with van der Waals surface area (Å²) in [7, 11) is 1.42. The second-order valence-electron chi connectivity index (χ2n) is 14.0. The Morgan fingerprint density at radius 2 is 1.70 bits per heavy atom. The van der Waals surface area contributed by atoms with Gasteiger partial charge in [0, 0.05) is 24.9 Å². The fourth-order valence-corrected chi connectivity index (χ4v) is 5.30. The fraction of sp³-hybridized carbons (Fsp3) is 0.545. The van der Waals surface area contributed by atoms with Crippen molar-refractivity contribution in [1.82, 2.24) is 20.4 Å². The topological polar surface area (TPSA) is 200 Å². The summed E-state index contributed by atoms with van der Waals surface area (Å²) in [5, 5.41) is 11.2. The number of hydrogen-bond donors (Lipinski definition) is 3. The number of fused-ring (bicyclic) bond motifs is 1. The molecule has 1 aliphatic rings. The normalized spacial score (nSPS) is 18.3. The van der Waals surface area contributed by atoms with Crippen LogP contribution in [0.3, 0.4) is 0 Å². The van der Waals surface area contributed by atoms with Crippen molar-refractivity contribution in [3.8, 4) is 0 Å². The van der Waals surface area contributed by atoms with Gasteiger partial charge in [-0.25, -0.2) is 4.79 Å². The Kier molecular flexibility index (Phi) is 11.5. The predicted octanol–water partition coefficient (Wildman–Crippen LogP) is 3.42. The summed E-state index contributed by atoms with van der Waals surface area (Å²) in [5.41, 5.74) is 14.0. The van der Waals surface area contributed by atoms with E-state index in [1.807, 2.05) is 42.5 Å². The number of carbonyl (C=O) groups is 5. The molecule has 14 nitrogen and oxygen atoms in total. The van der Waals surface area contributed by atoms with E-state index in [-0.39, 0.29) is 19.4 Å². The molecule has 1 fully saturated rings. The number of benzene rings is 2. The summed E-state index contributed by atoms with van der Waals surface area (Å²) < 4.78 is 5.37. The molecule has 1 unspecified atom stereocenters. The Morgan fingerprint density at radius 1 is 1.06 bits per heavy atom. The van der Waals surface area contributed by atoms with Crippen LogP contribution in [-0.4, -0.2) is 88.9 Å². The third-order valence-corrected chi connectivity index (χ3v) is 8.03. The highest BCUT2D eigenvalue weighted by atomic mass is 16.6. The maximum absolute atomic E-state index is 14.1. The van der Waals surface area contributed by atoms with Crippen molar-refractivity contribution < 1.29 is 28.7 Å². The first-order chi connectivity index (χ1) is 21.8. The van der Waals surface area contributed by atoms with E-state index in [0.29, 0.717) is 0 Å². The summed E-state index contributed by atoms with van der Waals surface area (Å²) in [4.78, 5) is 71.5. The number of nitrogens with zero attached hydrogens (tertiary/aromatic N) is 5. The zero-order valence-corrected chi connectivity index (χ0v) is 28.3. The quantitative estimate of drug-likeness (QED) is 0.200. The van der Waals surface area contributed by atoms with Crippen LogP contribution >= 0.6 is 0 Å². The van der Waals surface area contributed by atoms with E-state index >= 15 is 0 Å². The summed E-state index contributed by atoms with van der Waals surface area (Å²) in [5.74, 6) is -2.59. The standard InChI is InChI=1S/C33H46N8O6/c1-19(40(8)31(46)47-33(5,6)7)28(43)37-26(32(2,3)4)30(45)41-18-23(38-39-35)17-25(41)29(44)36-24(27(34)42)16-20-13-14-21-11-9-10-12-22(21)15-20/h9-15,19,23-26H,16-18H2,1-8H3,(H2,34,42)(H,36,44)(H,37,43)/t19?,23-,24-,25-,26+/m0/s1. The highest BCUT2D eigenvalue weighted by Gasteiger charge is 2.45. The van der Waals surface area contributed by atoms with E-state index < -0.39 is 70.9 Å². The van der Waals surface area contributed by atoms with Gasteiger partial charge in [0.15, 0.2) is 0 Å². The van der Waals surface area contributed by atoms with E-state index in [9.17, 15) is 24.0 Å². The predicted molar refractivity (Wildman–Crippen MR) is 177 cm³/mol. The van der Waals surface area contributed by atoms with Crippen molar-refractivity contribution in [2.45, 2.75) is 97.1 Å². The minimum absolute atomic E-state index is 0.00564. The van der Waals surface area contributed by atoms with Crippen molar-refractivity contribution in [1.29, 1.82) is 0 Å². The zero-order valence-electron chi connectivity index (χ0n) is 28.3. The van der Waals surface area contributed by atoms with Crippen molar-refractivity contribution in [2.75, 3.05) is 13.6 Å². The van der Waals surface area contributed by atoms with Gasteiger partial charge in [-0.1, -0.05) is 68.4 Å². The fourth-order valence-electron chi connectivity index (χ4n) is 5.30. The molecule has 3 rings (SSSR count). The number of nitrogens with two attached hydrogens (primary N) is 1. The van der Waals surface area contributed by atoms with Gasteiger partial charge in [0.1, 0.15) is 29.8 Å². The smallest absolute Gasteiger partial charge is 0.410 e. The van der Waals surface area contributed by atoms with Crippen LogP contribution in [0.1, 0.15) is 60.5 Å². The van der Waals surface area contributed by atoms with E-state index in [0.717, 1.165) is 21.2 Å². The summed E-state index contributed by atoms with van der Waals surface area (Å²) in [6.07, 6.45) is -0.582. The Labute approximate surface area is 275 Å². The number of azide groups is 1. The van der Waals surface area contributed by atoms with Gasteiger partial charge < -0.3 is 26.0 Å². The first-order valence-electron chi connectivity index (χ1n) is 15.5. The van der Waals surface area contributed by atoms with Gasteiger partial charge in [-0.05, 0) is 61.4 Å². The first-order valence-corrected chi connectivity index (χ1v) is 15.5. The maximum Gasteiger partial charge on any atom is 0.410 e. The van der Waals surface area contributed by atoms with Gasteiger partial charge in [0.2, 0.25) is 23.6 Å². The number of amides is 5. The van der Waals surface area contributed by atoms with Crippen molar-refractivity contribution >= 4 is 40.5 Å². The maximum atomic E-state index is 14.1. The second-order valence-corrected chi connectivity index (χ2v) is 14.0. The number of likely N-dealkylation sites (N-methyl/N-ethyl adjacent to an activating group) is 1. The van der Waals surface area contributed by atoms with E-state index in [2.05, 4.69) is 20.7 Å². The molecule has 5 amide bonds. The Balaban J connectivity index is 1.83. The Bertz CT molecular complexity index is 1560. The number of nitrogens with one attached hydrogen (secondary N) is 2. The van der Waals surface area contributed by atoms with Gasteiger partial charge in [0.25, 0.3) is 0 Å². The minimum atomic E-state index is -1.13. The number of primary amides is 1. The molecule has 5 atom stereocenters. The van der Waals surface area contributed by atoms with Crippen LogP contribution in [0.25, 0.3) is 21.2 Å². The lowest BCUT2D eigenvalue weighted by atomic mass is 9.85. The molecule has 1 aliphatic heterocycles. The molecular weight excluding hydrogens is 604 g/mol. The second kappa shape index (κ2) is 14.7. The molecule has 14 heteroatoms. The van der Waals surface area contributed by atoms with Crippen molar-refractivity contribution in [3.05, 3.63) is 58.5 Å². The number of likely N-dealkylation sites (tertiary alicyclic amines) is 1. The highest BCUT2D eigenvalue weighted by Crippen LogP contribution is 2.28. The summed E-state index contributed by atoms with van der Waals surface area (Å²) >= 11 is 0. The van der Waals surface area contributed by atoms with Crippen LogP contribution in [-0.2, 0) is 30.3 Å². The van der Waals surface area contributed by atoms with E-state index in [1.54, 1.807) is 41.5 Å². The van der Waals surface area contributed by atoms with Crippen molar-refractivity contribution in [3.63, 3.8) is 0 Å². The molecule has 0 radical (unpaired) electrons. The lowest BCUT2D eigenvalue weighted by Crippen LogP contribution is -2.61. The average Bonchev–Trinajstić information content (AvgIpc) is 3.41. The molecule has 1 saturated heterocycles. The van der Waals surface area contributed by atoms with Crippen LogP contribution in [0.15, 0.2) is 47.6 Å². The highest BCUT2D eigenvalue weighted by molar-refractivity contribution is 5.96. The van der Waals surface area contributed by atoms with Crippen LogP contribution in [0.4, 0.5) is 4.79 Å². The number of hydrogen-bond acceptors (Lipinski definition) is 7. The van der Waals surface area contributed by atoms with Gasteiger partial charge in [-0.2, -0.15) is 0 Å². The molecule has 4 N–H and O–H groups in total. The molecule has 0 aromatic heterocycles. The lowest BCUT2D eigenvalue weighted by Gasteiger charge is -2.37. The SMILES string of the molecule is CC(C(=O)N[C@H](C(=O)N1C[C@@H](N=[N+]=[N-])C[C@H]1C(=O)N[C@@H](Cc1ccc2ccccc2c1)C(N)=O)C(C)(C)C)N(C)C(=O)OC(C)(C)C. The molecule has 47 heavy (non-hydrogen) atoms. The molecule has 1 heterocycles. The molecule has 0 aliphatic carbocycles. The van der Waals surface area contributed by atoms with Gasteiger partial charge in [0.05, 0.1) is 6.04 Å². The molecule has 0 spiro atoms. The van der Waals surface area contributed by atoms with E-state index in [4.69, 9.17) is 16.0 Å². The third-order valence-electron chi connectivity index (χ3n) is 8.03. The molecule has 0 bridgehead atoms. The monoisotopic (exact) mass is 650 g/mol.